The molecule has 13 heteroatoms. The van der Waals surface area contributed by atoms with Crippen LogP contribution in [0.1, 0.15) is 11.3 Å². The zero-order valence-corrected chi connectivity index (χ0v) is 17.7. The number of halogens is 5. The normalized spacial score (nSPS) is 13.1. The SMILES string of the molecule is Cc1ccc2nc(-c3cc(C(F)(F)C(F)(F)F)nn3-c3ccc(S(N)(=O)=O)cc3)sc2c1. The quantitative estimate of drug-likeness (QED) is 0.420. The minimum Gasteiger partial charge on any atom is -0.234 e. The number of alkyl halides is 5. The fourth-order valence-electron chi connectivity index (χ4n) is 2.95. The first-order chi connectivity index (χ1) is 14.8. The largest absolute Gasteiger partial charge is 0.459 e. The molecule has 32 heavy (non-hydrogen) atoms. The molecule has 0 saturated heterocycles. The molecule has 0 fully saturated rings. The van der Waals surface area contributed by atoms with Crippen molar-refractivity contribution >= 4 is 31.6 Å². The molecular weight excluding hydrogens is 475 g/mol. The number of aromatic nitrogens is 3. The zero-order valence-electron chi connectivity index (χ0n) is 16.1. The summed E-state index contributed by atoms with van der Waals surface area (Å²) in [6.07, 6.45) is -5.86. The van der Waals surface area contributed by atoms with E-state index in [-0.39, 0.29) is 21.3 Å². The molecule has 0 aliphatic rings. The Balaban J connectivity index is 1.93. The van der Waals surface area contributed by atoms with E-state index < -0.39 is 27.8 Å². The first-order valence-corrected chi connectivity index (χ1v) is 11.2. The van der Waals surface area contributed by atoms with Crippen molar-refractivity contribution in [2.45, 2.75) is 23.9 Å². The van der Waals surface area contributed by atoms with Crippen molar-refractivity contribution in [3.63, 3.8) is 0 Å². The van der Waals surface area contributed by atoms with Crippen LogP contribution >= 0.6 is 11.3 Å². The zero-order chi connectivity index (χ0) is 23.5. The van der Waals surface area contributed by atoms with Crippen LogP contribution in [-0.4, -0.2) is 29.4 Å². The van der Waals surface area contributed by atoms with Crippen molar-refractivity contribution < 1.29 is 30.4 Å². The molecule has 0 saturated carbocycles. The number of primary sulfonamides is 1. The van der Waals surface area contributed by atoms with Crippen molar-refractivity contribution in [2.24, 2.45) is 5.14 Å². The lowest BCUT2D eigenvalue weighted by atomic mass is 10.2. The van der Waals surface area contributed by atoms with Gasteiger partial charge in [0.15, 0.2) is 0 Å². The van der Waals surface area contributed by atoms with E-state index in [0.29, 0.717) is 16.3 Å². The van der Waals surface area contributed by atoms with Crippen molar-refractivity contribution in [3.05, 3.63) is 59.8 Å². The van der Waals surface area contributed by atoms with Gasteiger partial charge < -0.3 is 0 Å². The van der Waals surface area contributed by atoms with E-state index in [0.717, 1.165) is 33.7 Å². The molecular formula is C19H13F5N4O2S2. The van der Waals surface area contributed by atoms with Crippen LogP contribution in [0.5, 0.6) is 0 Å². The van der Waals surface area contributed by atoms with Gasteiger partial charge in [-0.3, -0.25) is 0 Å². The monoisotopic (exact) mass is 488 g/mol. The van der Waals surface area contributed by atoms with Gasteiger partial charge in [-0.25, -0.2) is 23.2 Å². The average molecular weight is 488 g/mol. The third-order valence-electron chi connectivity index (χ3n) is 4.56. The second-order valence-electron chi connectivity index (χ2n) is 6.93. The third-order valence-corrected chi connectivity index (χ3v) is 6.53. The Hall–Kier alpha value is -2.90. The highest BCUT2D eigenvalue weighted by Crippen LogP contribution is 2.45. The van der Waals surface area contributed by atoms with Crippen molar-refractivity contribution in [2.75, 3.05) is 0 Å². The molecule has 4 rings (SSSR count). The summed E-state index contributed by atoms with van der Waals surface area (Å²) in [5, 5.41) is 8.72. The van der Waals surface area contributed by atoms with Crippen LogP contribution < -0.4 is 5.14 Å². The summed E-state index contributed by atoms with van der Waals surface area (Å²) in [5.74, 6) is -5.21. The van der Waals surface area contributed by atoms with Crippen LogP contribution in [0.15, 0.2) is 53.4 Å². The lowest BCUT2D eigenvalue weighted by molar-refractivity contribution is -0.291. The van der Waals surface area contributed by atoms with Gasteiger partial charge in [-0.2, -0.15) is 27.1 Å². The second-order valence-corrected chi connectivity index (χ2v) is 9.52. The maximum atomic E-state index is 14.1. The van der Waals surface area contributed by atoms with Gasteiger partial charge in [-0.05, 0) is 55.0 Å². The number of rotatable bonds is 4. The van der Waals surface area contributed by atoms with Gasteiger partial charge in [0.25, 0.3) is 0 Å². The molecule has 2 N–H and O–H groups in total. The molecule has 0 unspecified atom stereocenters. The number of hydrogen-bond acceptors (Lipinski definition) is 5. The molecule has 0 spiro atoms. The van der Waals surface area contributed by atoms with Gasteiger partial charge in [-0.15, -0.1) is 11.3 Å². The van der Waals surface area contributed by atoms with E-state index in [1.807, 2.05) is 13.0 Å². The molecule has 0 atom stereocenters. The third kappa shape index (κ3) is 3.87. The summed E-state index contributed by atoms with van der Waals surface area (Å²) in [4.78, 5) is 4.08. The predicted molar refractivity (Wildman–Crippen MR) is 108 cm³/mol. The smallest absolute Gasteiger partial charge is 0.234 e. The van der Waals surface area contributed by atoms with Crippen LogP contribution in [0.3, 0.4) is 0 Å². The average Bonchev–Trinajstić information content (AvgIpc) is 3.30. The number of fused-ring (bicyclic) bond motifs is 1. The van der Waals surface area contributed by atoms with E-state index >= 15 is 0 Å². The summed E-state index contributed by atoms with van der Waals surface area (Å²) < 4.78 is 91.5. The van der Waals surface area contributed by atoms with Crippen LogP contribution in [0.25, 0.3) is 26.6 Å². The maximum absolute atomic E-state index is 14.1. The Morgan fingerprint density at radius 3 is 2.25 bits per heavy atom. The molecule has 0 aliphatic heterocycles. The number of hydrogen-bond donors (Lipinski definition) is 1. The topological polar surface area (TPSA) is 90.9 Å². The van der Waals surface area contributed by atoms with E-state index in [9.17, 15) is 30.4 Å². The van der Waals surface area contributed by atoms with Crippen molar-refractivity contribution in [1.29, 1.82) is 0 Å². The Morgan fingerprint density at radius 2 is 1.66 bits per heavy atom. The molecule has 0 radical (unpaired) electrons. The predicted octanol–water partition coefficient (Wildman–Crippen LogP) is 4.76. The second kappa shape index (κ2) is 7.32. The van der Waals surface area contributed by atoms with Gasteiger partial charge in [0.2, 0.25) is 10.0 Å². The molecule has 2 aromatic heterocycles. The number of nitrogens with two attached hydrogens (primary N) is 1. The number of nitrogens with zero attached hydrogens (tertiary/aromatic N) is 3. The highest BCUT2D eigenvalue weighted by Gasteiger charge is 2.60. The standard InChI is InChI=1S/C19H13F5N4O2S2/c1-10-2-7-13-15(8-10)31-17(26-13)14-9-16(18(20,21)19(22,23)24)27-28(14)11-3-5-12(6-4-11)32(25,29)30/h2-9H,1H3,(H2,25,29,30). The number of aryl methyl sites for hydroxylation is 1. The van der Waals surface area contributed by atoms with Crippen LogP contribution in [0, 0.1) is 6.92 Å². The Morgan fingerprint density at radius 1 is 1.00 bits per heavy atom. The van der Waals surface area contributed by atoms with Gasteiger partial charge in [0, 0.05) is 0 Å². The summed E-state index contributed by atoms with van der Waals surface area (Å²) in [6.45, 7) is 1.85. The van der Waals surface area contributed by atoms with E-state index in [1.54, 1.807) is 12.1 Å². The van der Waals surface area contributed by atoms with Gasteiger partial charge in [0.1, 0.15) is 16.4 Å². The molecule has 168 valence electrons. The molecule has 0 aliphatic carbocycles. The van der Waals surface area contributed by atoms with Crippen LogP contribution in [0.4, 0.5) is 22.0 Å². The lowest BCUT2D eigenvalue weighted by Crippen LogP contribution is -2.34. The molecule has 4 aromatic rings. The first kappa shape index (κ1) is 22.3. The van der Waals surface area contributed by atoms with E-state index in [4.69, 9.17) is 5.14 Å². The minimum absolute atomic E-state index is 0.0482. The highest BCUT2D eigenvalue weighted by atomic mass is 32.2. The summed E-state index contributed by atoms with van der Waals surface area (Å²) in [5.41, 5.74) is -0.106. The number of thiazole rings is 1. The fourth-order valence-corrected chi connectivity index (χ4v) is 4.53. The molecule has 6 nitrogen and oxygen atoms in total. The Labute approximate surface area is 182 Å². The van der Waals surface area contributed by atoms with Crippen molar-refractivity contribution in [3.8, 4) is 16.4 Å². The van der Waals surface area contributed by atoms with Crippen LogP contribution in [-0.2, 0) is 15.9 Å². The van der Waals surface area contributed by atoms with Crippen molar-refractivity contribution in [1.82, 2.24) is 14.8 Å². The first-order valence-electron chi connectivity index (χ1n) is 8.83. The Bertz CT molecular complexity index is 1420. The molecule has 2 aromatic carbocycles. The van der Waals surface area contributed by atoms with Gasteiger partial charge >= 0.3 is 12.1 Å². The fraction of sp³-hybridized carbons (Fsp3) is 0.158. The summed E-state index contributed by atoms with van der Waals surface area (Å²) >= 11 is 1.10. The van der Waals surface area contributed by atoms with Gasteiger partial charge in [-0.1, -0.05) is 6.07 Å². The summed E-state index contributed by atoms with van der Waals surface area (Å²) in [6, 6.07) is 10.5. The van der Waals surface area contributed by atoms with E-state index in [2.05, 4.69) is 10.1 Å². The number of benzene rings is 2. The van der Waals surface area contributed by atoms with Crippen LogP contribution in [0.2, 0.25) is 0 Å². The van der Waals surface area contributed by atoms with E-state index in [1.165, 1.54) is 12.1 Å². The maximum Gasteiger partial charge on any atom is 0.459 e. The molecule has 2 heterocycles. The molecule has 0 amide bonds. The lowest BCUT2D eigenvalue weighted by Gasteiger charge is -2.16. The summed E-state index contributed by atoms with van der Waals surface area (Å²) in [7, 11) is -4.03. The highest BCUT2D eigenvalue weighted by molar-refractivity contribution is 7.89. The minimum atomic E-state index is -5.86. The Kier molecular flexibility index (Phi) is 5.10. The number of sulfonamides is 1. The van der Waals surface area contributed by atoms with Gasteiger partial charge in [0.05, 0.1) is 20.8 Å². The molecule has 0 bridgehead atoms.